The van der Waals surface area contributed by atoms with Crippen molar-refractivity contribution in [3.8, 4) is 0 Å². The lowest BCUT2D eigenvalue weighted by Crippen LogP contribution is -2.20. The van der Waals surface area contributed by atoms with Crippen LogP contribution in [0.15, 0.2) is 35.3 Å². The summed E-state index contributed by atoms with van der Waals surface area (Å²) in [6.45, 7) is 0.682. The first kappa shape index (κ1) is 10.1. The maximum absolute atomic E-state index is 12.2. The van der Waals surface area contributed by atoms with Gasteiger partial charge in [-0.3, -0.25) is 9.36 Å². The summed E-state index contributed by atoms with van der Waals surface area (Å²) in [6.07, 6.45) is 2.46. The van der Waals surface area contributed by atoms with E-state index in [2.05, 4.69) is 4.98 Å². The molecule has 0 aliphatic carbocycles. The molecule has 0 atom stereocenters. The molecule has 1 aliphatic heterocycles. The van der Waals surface area contributed by atoms with E-state index in [4.69, 9.17) is 4.74 Å². The third-order valence-corrected chi connectivity index (χ3v) is 3.01. The maximum Gasteiger partial charge on any atom is 0.261 e. The van der Waals surface area contributed by atoms with Crippen LogP contribution in [0.5, 0.6) is 0 Å². The number of aromatic nitrogens is 2. The minimum atomic E-state index is 0.0325. The molecule has 4 heteroatoms. The van der Waals surface area contributed by atoms with Crippen LogP contribution >= 0.6 is 0 Å². The van der Waals surface area contributed by atoms with E-state index in [1.165, 1.54) is 0 Å². The monoisotopic (exact) mass is 228 g/mol. The third kappa shape index (κ3) is 1.45. The number of benzene rings is 1. The Morgan fingerprint density at radius 3 is 3.06 bits per heavy atom. The summed E-state index contributed by atoms with van der Waals surface area (Å²) in [6, 6.07) is 7.43. The molecule has 1 aromatic carbocycles. The first-order chi connectivity index (χ1) is 8.31. The van der Waals surface area contributed by atoms with Crippen LogP contribution in [0.1, 0.15) is 12.2 Å². The first-order valence-corrected chi connectivity index (χ1v) is 5.53. The zero-order chi connectivity index (χ0) is 11.8. The molecule has 0 radical (unpaired) electrons. The van der Waals surface area contributed by atoms with Gasteiger partial charge in [-0.05, 0) is 18.6 Å². The molecule has 0 fully saturated rings. The van der Waals surface area contributed by atoms with Gasteiger partial charge in [0.05, 0.1) is 24.3 Å². The number of methoxy groups -OCH3 is 1. The van der Waals surface area contributed by atoms with Gasteiger partial charge in [-0.15, -0.1) is 0 Å². The molecule has 1 aromatic heterocycles. The molecule has 0 saturated heterocycles. The number of para-hydroxylation sites is 1. The predicted octanol–water partition coefficient (Wildman–Crippen LogP) is 1.79. The zero-order valence-electron chi connectivity index (χ0n) is 9.51. The molecule has 0 amide bonds. The van der Waals surface area contributed by atoms with Gasteiger partial charge in [0, 0.05) is 12.1 Å². The van der Waals surface area contributed by atoms with Crippen LogP contribution in [0.4, 0.5) is 0 Å². The standard InChI is InChI=1S/C13H12N2O2/c1-17-8-9-6-7-15-12(9)14-11-5-3-2-4-10(11)13(15)16/h2-5,8H,6-7H2,1H3/b9-8+. The number of rotatable bonds is 1. The van der Waals surface area contributed by atoms with Crippen molar-refractivity contribution in [2.45, 2.75) is 13.0 Å². The number of fused-ring (bicyclic) bond motifs is 2. The SMILES string of the molecule is CO/C=C1\CCn2c1nc1ccccc1c2=O. The number of allylic oxidation sites excluding steroid dienone is 1. The first-order valence-electron chi connectivity index (χ1n) is 5.53. The summed E-state index contributed by atoms with van der Waals surface area (Å²) in [5.41, 5.74) is 1.76. The molecule has 17 heavy (non-hydrogen) atoms. The molecule has 0 saturated carbocycles. The van der Waals surface area contributed by atoms with Crippen molar-refractivity contribution in [3.05, 3.63) is 46.7 Å². The van der Waals surface area contributed by atoms with E-state index in [1.807, 2.05) is 24.3 Å². The molecule has 1 aliphatic rings. The molecule has 2 heterocycles. The molecular weight excluding hydrogens is 216 g/mol. The van der Waals surface area contributed by atoms with Crippen molar-refractivity contribution < 1.29 is 4.74 Å². The topological polar surface area (TPSA) is 44.1 Å². The number of ether oxygens (including phenoxy) is 1. The van der Waals surface area contributed by atoms with E-state index in [1.54, 1.807) is 17.9 Å². The predicted molar refractivity (Wildman–Crippen MR) is 65.6 cm³/mol. The van der Waals surface area contributed by atoms with Crippen molar-refractivity contribution in [3.63, 3.8) is 0 Å². The highest BCUT2D eigenvalue weighted by Gasteiger charge is 2.20. The molecule has 0 spiro atoms. The van der Waals surface area contributed by atoms with E-state index < -0.39 is 0 Å². The van der Waals surface area contributed by atoms with Gasteiger partial charge >= 0.3 is 0 Å². The Morgan fingerprint density at radius 1 is 1.41 bits per heavy atom. The molecule has 0 bridgehead atoms. The van der Waals surface area contributed by atoms with Crippen LogP contribution in [0, 0.1) is 0 Å². The number of hydrogen-bond acceptors (Lipinski definition) is 3. The Morgan fingerprint density at radius 2 is 2.24 bits per heavy atom. The van der Waals surface area contributed by atoms with Gasteiger partial charge in [-0.2, -0.15) is 0 Å². The van der Waals surface area contributed by atoms with E-state index in [0.717, 1.165) is 23.3 Å². The molecule has 0 N–H and O–H groups in total. The van der Waals surface area contributed by atoms with Gasteiger partial charge in [0.25, 0.3) is 5.56 Å². The largest absolute Gasteiger partial charge is 0.504 e. The molecule has 0 unspecified atom stereocenters. The highest BCUT2D eigenvalue weighted by atomic mass is 16.5. The van der Waals surface area contributed by atoms with E-state index >= 15 is 0 Å². The normalized spacial score (nSPS) is 16.4. The number of hydrogen-bond donors (Lipinski definition) is 0. The summed E-state index contributed by atoms with van der Waals surface area (Å²) in [4.78, 5) is 16.8. The zero-order valence-corrected chi connectivity index (χ0v) is 9.51. The van der Waals surface area contributed by atoms with E-state index in [0.29, 0.717) is 11.9 Å². The second-order valence-electron chi connectivity index (χ2n) is 4.04. The second kappa shape index (κ2) is 3.73. The van der Waals surface area contributed by atoms with Crippen molar-refractivity contribution in [2.24, 2.45) is 0 Å². The summed E-state index contributed by atoms with van der Waals surface area (Å²) in [5.74, 6) is 0.732. The molecule has 86 valence electrons. The van der Waals surface area contributed by atoms with Crippen molar-refractivity contribution in [2.75, 3.05) is 7.11 Å². The fraction of sp³-hybridized carbons (Fsp3) is 0.231. The quantitative estimate of drug-likeness (QED) is 0.699. The Labute approximate surface area is 98.2 Å². The lowest BCUT2D eigenvalue weighted by molar-refractivity contribution is 0.339. The summed E-state index contributed by atoms with van der Waals surface area (Å²) in [7, 11) is 1.61. The van der Waals surface area contributed by atoms with E-state index in [9.17, 15) is 4.79 Å². The Kier molecular flexibility index (Phi) is 2.21. The molecule has 3 rings (SSSR count). The molecule has 4 nitrogen and oxygen atoms in total. The highest BCUT2D eigenvalue weighted by Crippen LogP contribution is 2.24. The highest BCUT2D eigenvalue weighted by molar-refractivity contribution is 5.79. The van der Waals surface area contributed by atoms with Crippen LogP contribution < -0.4 is 5.56 Å². The van der Waals surface area contributed by atoms with Crippen molar-refractivity contribution in [1.82, 2.24) is 9.55 Å². The maximum atomic E-state index is 12.2. The van der Waals surface area contributed by atoms with Crippen LogP contribution in [0.2, 0.25) is 0 Å². The molecule has 2 aromatic rings. The Balaban J connectivity index is 2.35. The van der Waals surface area contributed by atoms with Crippen LogP contribution in [-0.2, 0) is 11.3 Å². The van der Waals surface area contributed by atoms with E-state index in [-0.39, 0.29) is 5.56 Å². The lowest BCUT2D eigenvalue weighted by atomic mass is 10.2. The van der Waals surface area contributed by atoms with Crippen molar-refractivity contribution in [1.29, 1.82) is 0 Å². The smallest absolute Gasteiger partial charge is 0.261 e. The van der Waals surface area contributed by atoms with Gasteiger partial charge in [-0.25, -0.2) is 4.98 Å². The van der Waals surface area contributed by atoms with Gasteiger partial charge in [0.1, 0.15) is 5.82 Å². The van der Waals surface area contributed by atoms with Gasteiger partial charge in [0.2, 0.25) is 0 Å². The summed E-state index contributed by atoms with van der Waals surface area (Å²) < 4.78 is 6.73. The minimum absolute atomic E-state index is 0.0325. The second-order valence-corrected chi connectivity index (χ2v) is 4.04. The Bertz CT molecular complexity index is 671. The molecular formula is C13H12N2O2. The van der Waals surface area contributed by atoms with Gasteiger partial charge < -0.3 is 4.74 Å². The third-order valence-electron chi connectivity index (χ3n) is 3.01. The van der Waals surface area contributed by atoms with Crippen LogP contribution in [-0.4, -0.2) is 16.7 Å². The lowest BCUT2D eigenvalue weighted by Gasteiger charge is -2.04. The summed E-state index contributed by atoms with van der Waals surface area (Å²) >= 11 is 0. The average Bonchev–Trinajstić information content (AvgIpc) is 2.74. The summed E-state index contributed by atoms with van der Waals surface area (Å²) in [5, 5.41) is 0.676. The fourth-order valence-electron chi connectivity index (χ4n) is 2.22. The van der Waals surface area contributed by atoms with Gasteiger partial charge in [0.15, 0.2) is 0 Å². The minimum Gasteiger partial charge on any atom is -0.504 e. The Hall–Kier alpha value is -2.10. The number of nitrogens with zero attached hydrogens (tertiary/aromatic N) is 2. The van der Waals surface area contributed by atoms with Crippen molar-refractivity contribution >= 4 is 16.5 Å². The van der Waals surface area contributed by atoms with Crippen LogP contribution in [0.3, 0.4) is 0 Å². The van der Waals surface area contributed by atoms with Crippen LogP contribution in [0.25, 0.3) is 16.5 Å². The fourth-order valence-corrected chi connectivity index (χ4v) is 2.22. The average molecular weight is 228 g/mol. The van der Waals surface area contributed by atoms with Gasteiger partial charge in [-0.1, -0.05) is 12.1 Å².